The molecule has 0 unspecified atom stereocenters. The molecule has 6 heterocycles. The summed E-state index contributed by atoms with van der Waals surface area (Å²) in [7, 11) is 0. The summed E-state index contributed by atoms with van der Waals surface area (Å²) in [4.78, 5) is 45.5. The molecular weight excluding hydrogens is 911 g/mol. The molecule has 360 valence electrons. The first-order valence-electron chi connectivity index (χ1n) is 24.2. The fraction of sp³-hybridized carbons (Fsp3) is 0.500. The number of carbonyl (C=O) groups excluding carboxylic acids is 1. The highest BCUT2D eigenvalue weighted by Gasteiger charge is 2.31. The number of benzene rings is 2. The van der Waals surface area contributed by atoms with Gasteiger partial charge in [0.15, 0.2) is 0 Å². The topological polar surface area (TPSA) is 80.0 Å². The number of likely N-dealkylation sites (tertiary alicyclic amines) is 2. The Kier molecular flexibility index (Phi) is 18.4. The Morgan fingerprint density at radius 3 is 1.64 bits per heavy atom. The molecule has 2 fully saturated rings. The van der Waals surface area contributed by atoms with Crippen LogP contribution in [0, 0.1) is 33.6 Å². The predicted octanol–water partition coefficient (Wildman–Crippen LogP) is 12.1. The zero-order valence-corrected chi connectivity index (χ0v) is 44.0. The molecule has 2 aliphatic heterocycles. The Hall–Kier alpha value is -3.85. The Morgan fingerprint density at radius 1 is 0.672 bits per heavy atom. The van der Waals surface area contributed by atoms with Crippen LogP contribution in [0.3, 0.4) is 0 Å². The summed E-state index contributed by atoms with van der Waals surface area (Å²) in [6.07, 6.45) is 6.87. The summed E-state index contributed by atoms with van der Waals surface area (Å²) in [5.41, 5.74) is 6.23. The quantitative estimate of drug-likeness (QED) is 0.0701. The molecule has 0 aliphatic carbocycles. The molecule has 9 nitrogen and oxygen atoms in total. The van der Waals surface area contributed by atoms with E-state index in [4.69, 9.17) is 4.74 Å². The van der Waals surface area contributed by atoms with E-state index in [0.29, 0.717) is 13.1 Å². The highest BCUT2D eigenvalue weighted by atomic mass is 32.2. The van der Waals surface area contributed by atoms with Gasteiger partial charge in [-0.3, -0.25) is 9.59 Å². The largest absolute Gasteiger partial charge is 0.444 e. The van der Waals surface area contributed by atoms with Crippen LogP contribution in [0.4, 0.5) is 4.79 Å². The molecule has 2 aliphatic rings. The summed E-state index contributed by atoms with van der Waals surface area (Å²) in [6, 6.07) is 25.0. The number of amides is 1. The summed E-state index contributed by atoms with van der Waals surface area (Å²) in [6.45, 7) is 22.0. The second-order valence-corrected chi connectivity index (χ2v) is 24.1. The Bertz CT molecular complexity index is 2640. The molecule has 0 spiro atoms. The SMILES string of the molecule is Cc1ccc2c(C)cc(=O)n(CCN3CCC(CCCSc4cccs4)CC3)c2c1.Cc1ccc2c(C)cc(=O)n(CCN3CCC(N(CCSc4cccs4)C(=O)OC(C)(C)C)CC3)c2c1. The molecule has 8 rings (SSSR count). The summed E-state index contributed by atoms with van der Waals surface area (Å²) in [5.74, 6) is 2.96. The van der Waals surface area contributed by atoms with Gasteiger partial charge in [0, 0.05) is 80.5 Å². The van der Waals surface area contributed by atoms with Crippen LogP contribution < -0.4 is 11.1 Å². The molecule has 2 saturated heterocycles. The van der Waals surface area contributed by atoms with Crippen LogP contribution in [0.1, 0.15) is 81.5 Å². The van der Waals surface area contributed by atoms with Gasteiger partial charge in [0.25, 0.3) is 11.1 Å². The van der Waals surface area contributed by atoms with Crippen LogP contribution in [0.2, 0.25) is 0 Å². The third-order valence-corrected chi connectivity index (χ3v) is 17.5. The van der Waals surface area contributed by atoms with Crippen molar-refractivity contribution in [3.05, 3.63) is 127 Å². The monoisotopic (exact) mass is 981 g/mol. The first-order chi connectivity index (χ1) is 32.2. The van der Waals surface area contributed by atoms with Gasteiger partial charge in [0.2, 0.25) is 0 Å². The number of hydrogen-bond donors (Lipinski definition) is 0. The maximum atomic E-state index is 13.1. The number of aryl methyl sites for hydroxylation is 4. The lowest BCUT2D eigenvalue weighted by Gasteiger charge is -2.39. The normalized spacial score (nSPS) is 15.5. The molecule has 67 heavy (non-hydrogen) atoms. The van der Waals surface area contributed by atoms with Crippen molar-refractivity contribution >= 4 is 74.1 Å². The highest BCUT2D eigenvalue weighted by molar-refractivity contribution is 8.01. The number of fused-ring (bicyclic) bond motifs is 2. The smallest absolute Gasteiger partial charge is 0.410 e. The van der Waals surface area contributed by atoms with Gasteiger partial charge >= 0.3 is 6.09 Å². The van der Waals surface area contributed by atoms with E-state index in [1.54, 1.807) is 35.2 Å². The molecule has 13 heteroatoms. The van der Waals surface area contributed by atoms with Gasteiger partial charge in [-0.15, -0.1) is 46.2 Å². The number of aromatic nitrogens is 2. The van der Waals surface area contributed by atoms with Gasteiger partial charge < -0.3 is 28.6 Å². The van der Waals surface area contributed by atoms with Crippen molar-refractivity contribution in [1.29, 1.82) is 0 Å². The summed E-state index contributed by atoms with van der Waals surface area (Å²) < 4.78 is 12.4. The molecule has 0 N–H and O–H groups in total. The van der Waals surface area contributed by atoms with Gasteiger partial charge in [-0.1, -0.05) is 36.4 Å². The number of thiophene rings is 2. The van der Waals surface area contributed by atoms with E-state index in [2.05, 4.69) is 95.1 Å². The number of pyridine rings is 2. The third kappa shape index (κ3) is 14.6. The van der Waals surface area contributed by atoms with E-state index in [0.717, 1.165) is 90.3 Å². The van der Waals surface area contributed by atoms with E-state index >= 15 is 0 Å². The van der Waals surface area contributed by atoms with E-state index in [1.165, 1.54) is 63.9 Å². The second kappa shape index (κ2) is 24.1. The highest BCUT2D eigenvalue weighted by Crippen LogP contribution is 2.29. The van der Waals surface area contributed by atoms with Crippen LogP contribution in [-0.4, -0.2) is 98.9 Å². The number of ether oxygens (including phenoxy) is 1. The number of piperidine rings is 2. The predicted molar refractivity (Wildman–Crippen MR) is 286 cm³/mol. The number of hydrogen-bond acceptors (Lipinski definition) is 10. The van der Waals surface area contributed by atoms with Gasteiger partial charge in [-0.25, -0.2) is 4.79 Å². The van der Waals surface area contributed by atoms with Crippen LogP contribution in [0.25, 0.3) is 21.8 Å². The maximum absolute atomic E-state index is 13.1. The molecule has 4 aromatic heterocycles. The first kappa shape index (κ1) is 51.0. The van der Waals surface area contributed by atoms with E-state index in [1.807, 2.05) is 71.8 Å². The fourth-order valence-corrected chi connectivity index (χ4v) is 13.1. The summed E-state index contributed by atoms with van der Waals surface area (Å²) >= 11 is 7.37. The Balaban J connectivity index is 0.000000203. The van der Waals surface area contributed by atoms with Crippen molar-refractivity contribution in [2.45, 2.75) is 120 Å². The minimum atomic E-state index is -0.515. The second-order valence-electron chi connectivity index (χ2n) is 19.4. The summed E-state index contributed by atoms with van der Waals surface area (Å²) in [5, 5.41) is 6.57. The van der Waals surface area contributed by atoms with Crippen LogP contribution in [0.15, 0.2) is 102 Å². The van der Waals surface area contributed by atoms with Gasteiger partial charge in [-0.05, 0) is 169 Å². The Morgan fingerprint density at radius 2 is 1.16 bits per heavy atom. The number of rotatable bonds is 16. The van der Waals surface area contributed by atoms with E-state index in [-0.39, 0.29) is 23.3 Å². The van der Waals surface area contributed by atoms with Crippen molar-refractivity contribution in [1.82, 2.24) is 23.8 Å². The number of thioether (sulfide) groups is 2. The average Bonchev–Trinajstić information content (AvgIpc) is 4.02. The van der Waals surface area contributed by atoms with Crippen LogP contribution >= 0.6 is 46.2 Å². The molecule has 0 saturated carbocycles. The minimum absolute atomic E-state index is 0.0600. The molecule has 2 aromatic carbocycles. The number of carbonyl (C=O) groups is 1. The van der Waals surface area contributed by atoms with Crippen LogP contribution in [0.5, 0.6) is 0 Å². The lowest BCUT2D eigenvalue weighted by Crippen LogP contribution is -2.50. The van der Waals surface area contributed by atoms with Crippen molar-refractivity contribution in [2.75, 3.05) is 57.3 Å². The fourth-order valence-electron chi connectivity index (χ4n) is 9.44. The number of nitrogens with zero attached hydrogens (tertiary/aromatic N) is 5. The van der Waals surface area contributed by atoms with Crippen LogP contribution in [-0.2, 0) is 17.8 Å². The molecule has 0 atom stereocenters. The third-order valence-electron chi connectivity index (χ3n) is 13.1. The first-order valence-corrected chi connectivity index (χ1v) is 27.9. The van der Waals surface area contributed by atoms with Crippen molar-refractivity contribution in [2.24, 2.45) is 5.92 Å². The molecular formula is C54H71N5O4S4. The minimum Gasteiger partial charge on any atom is -0.444 e. The lowest BCUT2D eigenvalue weighted by atomic mass is 9.92. The standard InChI is InChI=1S/C29H39N3O3S2.C25H32N2OS2/c1-21-8-9-24-22(2)20-26(33)32(25(24)19-21)15-14-30-12-10-23(11-13-30)31(28(34)35-29(3,4)5)16-18-37-27-7-6-17-36-27;1-19-7-8-22-20(2)18-24(28)27(23(22)17-19)14-13-26-11-9-21(10-12-26)5-3-15-29-25-6-4-16-30-25/h6-9,17,19-20,23H,10-16,18H2,1-5H3;4,6-8,16-18,21H,3,5,9-15H2,1-2H3. The van der Waals surface area contributed by atoms with E-state index in [9.17, 15) is 14.4 Å². The van der Waals surface area contributed by atoms with Gasteiger partial charge in [-0.2, -0.15) is 0 Å². The molecule has 6 aromatic rings. The lowest BCUT2D eigenvalue weighted by molar-refractivity contribution is 0.00979. The molecule has 1 amide bonds. The maximum Gasteiger partial charge on any atom is 0.410 e. The van der Waals surface area contributed by atoms with Crippen molar-refractivity contribution in [3.63, 3.8) is 0 Å². The van der Waals surface area contributed by atoms with Crippen molar-refractivity contribution < 1.29 is 9.53 Å². The average molecular weight is 982 g/mol. The van der Waals surface area contributed by atoms with E-state index < -0.39 is 5.60 Å². The Labute approximate surface area is 414 Å². The van der Waals surface area contributed by atoms with Gasteiger partial charge in [0.1, 0.15) is 5.60 Å². The molecule has 0 bridgehead atoms. The zero-order valence-electron chi connectivity index (χ0n) is 40.8. The van der Waals surface area contributed by atoms with Gasteiger partial charge in [0.05, 0.1) is 19.5 Å². The molecule has 0 radical (unpaired) electrons. The zero-order chi connectivity index (χ0) is 47.5. The van der Waals surface area contributed by atoms with Crippen molar-refractivity contribution in [3.8, 4) is 0 Å².